The molecule has 4 nitrogen and oxygen atoms in total. The van der Waals surface area contributed by atoms with Crippen molar-refractivity contribution in [2.75, 3.05) is 25.5 Å². The second-order valence-corrected chi connectivity index (χ2v) is 6.86. The number of carbonyl (C=O) groups is 2. The fourth-order valence-electron chi connectivity index (χ4n) is 2.57. The average Bonchev–Trinajstić information content (AvgIpc) is 2.83. The Balaban J connectivity index is 2.04. The van der Waals surface area contributed by atoms with E-state index in [0.29, 0.717) is 30.1 Å². The minimum Gasteiger partial charge on any atom is -0.381 e. The second kappa shape index (κ2) is 9.64. The number of amides is 2. The van der Waals surface area contributed by atoms with Gasteiger partial charge >= 0.3 is 0 Å². The summed E-state index contributed by atoms with van der Waals surface area (Å²) in [5.41, 5.74) is 1.35. The number of ether oxygens (including phenoxy) is 1. The van der Waals surface area contributed by atoms with Gasteiger partial charge in [0.15, 0.2) is 0 Å². The molecule has 130 valence electrons. The van der Waals surface area contributed by atoms with E-state index in [1.54, 1.807) is 0 Å². The average molecular weight is 347 g/mol. The van der Waals surface area contributed by atoms with Crippen molar-refractivity contribution >= 4 is 29.1 Å². The predicted molar refractivity (Wildman–Crippen MR) is 98.6 cm³/mol. The van der Waals surface area contributed by atoms with Crippen LogP contribution in [0.1, 0.15) is 38.7 Å². The van der Waals surface area contributed by atoms with E-state index < -0.39 is 0 Å². The standard InChI is InChI=1S/C19H25NO3S/c1-3-5-13-23-14-9-12-20-18(21)16(15-10-7-6-8-11-15)17(19(20)22)24-4-2/h6-8,10-11H,3-5,9,12-14H2,1-2H3. The molecule has 0 bridgehead atoms. The van der Waals surface area contributed by atoms with Crippen molar-refractivity contribution in [1.29, 1.82) is 0 Å². The molecule has 5 heteroatoms. The van der Waals surface area contributed by atoms with Crippen molar-refractivity contribution in [2.45, 2.75) is 33.1 Å². The van der Waals surface area contributed by atoms with Crippen LogP contribution in [0.5, 0.6) is 0 Å². The molecule has 1 aromatic carbocycles. The predicted octanol–water partition coefficient (Wildman–Crippen LogP) is 3.73. The third-order valence-corrected chi connectivity index (χ3v) is 4.75. The number of carbonyl (C=O) groups excluding carboxylic acids is 2. The van der Waals surface area contributed by atoms with Crippen LogP contribution in [0.3, 0.4) is 0 Å². The van der Waals surface area contributed by atoms with Gasteiger partial charge in [-0.15, -0.1) is 11.8 Å². The quantitative estimate of drug-likeness (QED) is 0.478. The van der Waals surface area contributed by atoms with E-state index in [9.17, 15) is 9.59 Å². The van der Waals surface area contributed by atoms with Gasteiger partial charge < -0.3 is 4.74 Å². The summed E-state index contributed by atoms with van der Waals surface area (Å²) in [4.78, 5) is 27.3. The molecule has 0 spiro atoms. The van der Waals surface area contributed by atoms with Gasteiger partial charge in [-0.25, -0.2) is 0 Å². The molecule has 0 unspecified atom stereocenters. The van der Waals surface area contributed by atoms with E-state index in [2.05, 4.69) is 6.92 Å². The maximum Gasteiger partial charge on any atom is 0.267 e. The SMILES string of the molecule is CCCCOCCCN1C(=O)C(SCC)=C(c2ccccc2)C1=O. The molecule has 0 aromatic heterocycles. The van der Waals surface area contributed by atoms with Gasteiger partial charge in [0, 0.05) is 19.8 Å². The Hall–Kier alpha value is -1.59. The van der Waals surface area contributed by atoms with Crippen LogP contribution in [0.15, 0.2) is 35.2 Å². The van der Waals surface area contributed by atoms with E-state index >= 15 is 0 Å². The first-order chi connectivity index (χ1) is 11.7. The number of unbranched alkanes of at least 4 members (excludes halogenated alkanes) is 1. The molecule has 24 heavy (non-hydrogen) atoms. The van der Waals surface area contributed by atoms with Crippen molar-refractivity contribution in [3.05, 3.63) is 40.8 Å². The highest BCUT2D eigenvalue weighted by molar-refractivity contribution is 8.04. The van der Waals surface area contributed by atoms with Gasteiger partial charge in [0.05, 0.1) is 10.5 Å². The minimum absolute atomic E-state index is 0.167. The molecule has 2 amide bonds. The van der Waals surface area contributed by atoms with Gasteiger partial charge in [-0.05, 0) is 24.2 Å². The Morgan fingerprint density at radius 2 is 1.71 bits per heavy atom. The molecule has 0 atom stereocenters. The van der Waals surface area contributed by atoms with Crippen LogP contribution in [0.2, 0.25) is 0 Å². The molecule has 0 saturated heterocycles. The first kappa shape index (κ1) is 18.7. The van der Waals surface area contributed by atoms with Gasteiger partial charge in [-0.2, -0.15) is 0 Å². The van der Waals surface area contributed by atoms with Gasteiger partial charge in [0.25, 0.3) is 11.8 Å². The molecule has 1 heterocycles. The Morgan fingerprint density at radius 3 is 2.38 bits per heavy atom. The fourth-order valence-corrected chi connectivity index (χ4v) is 3.44. The van der Waals surface area contributed by atoms with E-state index in [-0.39, 0.29) is 11.8 Å². The summed E-state index contributed by atoms with van der Waals surface area (Å²) in [5, 5.41) is 0. The zero-order chi connectivity index (χ0) is 17.4. The van der Waals surface area contributed by atoms with Crippen molar-refractivity contribution in [3.8, 4) is 0 Å². The number of hydrogen-bond donors (Lipinski definition) is 0. The Labute approximate surface area is 148 Å². The van der Waals surface area contributed by atoms with Gasteiger partial charge in [-0.1, -0.05) is 50.6 Å². The summed E-state index contributed by atoms with van der Waals surface area (Å²) in [6.07, 6.45) is 2.82. The van der Waals surface area contributed by atoms with Crippen molar-refractivity contribution in [3.63, 3.8) is 0 Å². The molecule has 0 N–H and O–H groups in total. The van der Waals surface area contributed by atoms with Crippen LogP contribution in [0, 0.1) is 0 Å². The van der Waals surface area contributed by atoms with Crippen molar-refractivity contribution < 1.29 is 14.3 Å². The van der Waals surface area contributed by atoms with E-state index in [1.165, 1.54) is 16.7 Å². The number of benzene rings is 1. The Morgan fingerprint density at radius 1 is 1.00 bits per heavy atom. The largest absolute Gasteiger partial charge is 0.381 e. The molecule has 0 radical (unpaired) electrons. The lowest BCUT2D eigenvalue weighted by atomic mass is 10.1. The van der Waals surface area contributed by atoms with Gasteiger partial charge in [0.1, 0.15) is 0 Å². The normalized spacial score (nSPS) is 14.8. The Kier molecular flexibility index (Phi) is 7.53. The lowest BCUT2D eigenvalue weighted by molar-refractivity contribution is -0.136. The van der Waals surface area contributed by atoms with Gasteiger partial charge in [0.2, 0.25) is 0 Å². The first-order valence-electron chi connectivity index (χ1n) is 8.57. The van der Waals surface area contributed by atoms with Crippen LogP contribution in [0.4, 0.5) is 0 Å². The fraction of sp³-hybridized carbons (Fsp3) is 0.474. The van der Waals surface area contributed by atoms with E-state index in [4.69, 9.17) is 4.74 Å². The zero-order valence-corrected chi connectivity index (χ0v) is 15.2. The Bertz CT molecular complexity index is 598. The van der Waals surface area contributed by atoms with E-state index in [0.717, 1.165) is 30.8 Å². The second-order valence-electron chi connectivity index (χ2n) is 5.58. The van der Waals surface area contributed by atoms with Crippen LogP contribution >= 0.6 is 11.8 Å². The summed E-state index contributed by atoms with van der Waals surface area (Å²) >= 11 is 1.44. The molecule has 0 fully saturated rings. The number of rotatable bonds is 10. The molecule has 1 aromatic rings. The lowest BCUT2D eigenvalue weighted by Crippen LogP contribution is -2.33. The summed E-state index contributed by atoms with van der Waals surface area (Å²) in [5.74, 6) is 0.411. The molecule has 1 aliphatic rings. The van der Waals surface area contributed by atoms with Crippen molar-refractivity contribution in [2.24, 2.45) is 0 Å². The lowest BCUT2D eigenvalue weighted by Gasteiger charge is -2.15. The number of thioether (sulfide) groups is 1. The first-order valence-corrected chi connectivity index (χ1v) is 9.55. The maximum absolute atomic E-state index is 12.8. The van der Waals surface area contributed by atoms with Crippen LogP contribution < -0.4 is 0 Å². The number of nitrogens with zero attached hydrogens (tertiary/aromatic N) is 1. The minimum atomic E-state index is -0.185. The summed E-state index contributed by atoms with van der Waals surface area (Å²) in [6, 6.07) is 9.45. The van der Waals surface area contributed by atoms with Gasteiger partial charge in [-0.3, -0.25) is 14.5 Å². The number of imide groups is 1. The highest BCUT2D eigenvalue weighted by atomic mass is 32.2. The number of hydrogen-bond acceptors (Lipinski definition) is 4. The molecular weight excluding hydrogens is 322 g/mol. The monoisotopic (exact) mass is 347 g/mol. The molecular formula is C19H25NO3S. The van der Waals surface area contributed by atoms with E-state index in [1.807, 2.05) is 37.3 Å². The maximum atomic E-state index is 12.8. The zero-order valence-electron chi connectivity index (χ0n) is 14.4. The van der Waals surface area contributed by atoms with Crippen LogP contribution in [-0.4, -0.2) is 42.2 Å². The van der Waals surface area contributed by atoms with Crippen LogP contribution in [-0.2, 0) is 14.3 Å². The summed E-state index contributed by atoms with van der Waals surface area (Å²) < 4.78 is 5.52. The molecule has 0 saturated carbocycles. The third kappa shape index (κ3) is 4.48. The highest BCUT2D eigenvalue weighted by Crippen LogP contribution is 2.35. The highest BCUT2D eigenvalue weighted by Gasteiger charge is 2.38. The van der Waals surface area contributed by atoms with Crippen molar-refractivity contribution in [1.82, 2.24) is 4.90 Å². The molecule has 2 rings (SSSR count). The third-order valence-electron chi connectivity index (χ3n) is 3.79. The van der Waals surface area contributed by atoms with Crippen LogP contribution in [0.25, 0.3) is 5.57 Å². The summed E-state index contributed by atoms with van der Waals surface area (Å²) in [6.45, 7) is 5.83. The smallest absolute Gasteiger partial charge is 0.267 e. The molecule has 0 aliphatic carbocycles. The molecule has 1 aliphatic heterocycles. The topological polar surface area (TPSA) is 46.6 Å². The summed E-state index contributed by atoms with van der Waals surface area (Å²) in [7, 11) is 0.